The number of rotatable bonds is 8. The van der Waals surface area contributed by atoms with E-state index in [0.29, 0.717) is 73.9 Å². The quantitative estimate of drug-likeness (QED) is 0.360. The van der Waals surface area contributed by atoms with E-state index in [1.807, 2.05) is 49.4 Å². The predicted octanol–water partition coefficient (Wildman–Crippen LogP) is 3.44. The van der Waals surface area contributed by atoms with E-state index in [9.17, 15) is 14.7 Å². The van der Waals surface area contributed by atoms with E-state index in [2.05, 4.69) is 15.5 Å². The Morgan fingerprint density at radius 1 is 0.977 bits per heavy atom. The van der Waals surface area contributed by atoms with Crippen LogP contribution in [0.15, 0.2) is 60.7 Å². The standard InChI is InChI=1S/C34H39N3O7/c1-2-41-31-10-7-24(11-26(31)19-38)16-37-17-30-32(18-37)44-27-8-5-22(6-9-27)15-35-33(39)21-43-29-13-25(34(40)36-30)12-28(14-29)42-20-23-3-4-23/h5-14,23,30,32,38H,2-4,15-21H2,1H3,(H,35,39)(H,36,40)/t30-,32-/m0/s1. The van der Waals surface area contributed by atoms with Gasteiger partial charge in [-0.3, -0.25) is 14.5 Å². The van der Waals surface area contributed by atoms with Crippen molar-refractivity contribution in [1.29, 1.82) is 0 Å². The second-order valence-corrected chi connectivity index (χ2v) is 11.6. The molecule has 4 aliphatic rings. The Labute approximate surface area is 257 Å². The number of hydrogen-bond acceptors (Lipinski definition) is 8. The predicted molar refractivity (Wildman–Crippen MR) is 163 cm³/mol. The Morgan fingerprint density at radius 2 is 1.82 bits per heavy atom. The molecule has 3 N–H and O–H groups in total. The molecular formula is C34H39N3O7. The zero-order chi connectivity index (χ0) is 30.5. The van der Waals surface area contributed by atoms with Crippen LogP contribution in [0.2, 0.25) is 0 Å². The van der Waals surface area contributed by atoms with Gasteiger partial charge in [0.05, 0.1) is 25.9 Å². The van der Waals surface area contributed by atoms with Crippen molar-refractivity contribution in [2.75, 3.05) is 32.9 Å². The molecule has 2 fully saturated rings. The average Bonchev–Trinajstić information content (AvgIpc) is 3.80. The molecule has 4 bridgehead atoms. The van der Waals surface area contributed by atoms with E-state index in [1.54, 1.807) is 18.2 Å². The highest BCUT2D eigenvalue weighted by Crippen LogP contribution is 2.31. The van der Waals surface area contributed by atoms with Gasteiger partial charge >= 0.3 is 0 Å². The summed E-state index contributed by atoms with van der Waals surface area (Å²) in [7, 11) is 0. The van der Waals surface area contributed by atoms with Crippen molar-refractivity contribution in [2.45, 2.75) is 51.6 Å². The van der Waals surface area contributed by atoms with E-state index in [1.165, 1.54) is 0 Å². The highest BCUT2D eigenvalue weighted by Gasteiger charge is 2.36. The molecule has 3 aromatic rings. The van der Waals surface area contributed by atoms with Crippen molar-refractivity contribution in [3.63, 3.8) is 0 Å². The summed E-state index contributed by atoms with van der Waals surface area (Å²) in [6.07, 6.45) is 1.97. The number of likely N-dealkylation sites (tertiary alicyclic amines) is 1. The minimum Gasteiger partial charge on any atom is -0.494 e. The summed E-state index contributed by atoms with van der Waals surface area (Å²) in [4.78, 5) is 28.4. The van der Waals surface area contributed by atoms with Crippen molar-refractivity contribution in [3.8, 4) is 23.0 Å². The summed E-state index contributed by atoms with van der Waals surface area (Å²) in [5, 5.41) is 15.9. The van der Waals surface area contributed by atoms with Crippen LogP contribution in [0.3, 0.4) is 0 Å². The molecule has 2 atom stereocenters. The minimum absolute atomic E-state index is 0.109. The fraction of sp³-hybridized carbons (Fsp3) is 0.412. The number of carbonyl (C=O) groups excluding carboxylic acids is 2. The van der Waals surface area contributed by atoms with Crippen LogP contribution in [0.1, 0.15) is 46.8 Å². The highest BCUT2D eigenvalue weighted by molar-refractivity contribution is 5.95. The van der Waals surface area contributed by atoms with Gasteiger partial charge in [0.25, 0.3) is 11.8 Å². The molecule has 0 aromatic heterocycles. The zero-order valence-corrected chi connectivity index (χ0v) is 24.9. The van der Waals surface area contributed by atoms with Crippen LogP contribution in [0, 0.1) is 5.92 Å². The fourth-order valence-corrected chi connectivity index (χ4v) is 5.53. The number of benzene rings is 3. The maximum atomic E-state index is 13.7. The molecule has 2 amide bonds. The molecule has 7 rings (SSSR count). The average molecular weight is 602 g/mol. The number of carbonyl (C=O) groups is 2. The number of fused-ring (bicyclic) bond motifs is 7. The number of hydrogen-bond donors (Lipinski definition) is 3. The molecule has 232 valence electrons. The third-order valence-electron chi connectivity index (χ3n) is 8.05. The van der Waals surface area contributed by atoms with Gasteiger partial charge in [-0.2, -0.15) is 0 Å². The van der Waals surface area contributed by atoms with E-state index < -0.39 is 0 Å². The smallest absolute Gasteiger partial charge is 0.258 e. The van der Waals surface area contributed by atoms with E-state index in [4.69, 9.17) is 18.9 Å². The topological polar surface area (TPSA) is 119 Å². The molecule has 3 aliphatic heterocycles. The molecule has 0 radical (unpaired) electrons. The Morgan fingerprint density at radius 3 is 2.59 bits per heavy atom. The molecule has 1 saturated carbocycles. The van der Waals surface area contributed by atoms with Crippen LogP contribution in [0.4, 0.5) is 0 Å². The van der Waals surface area contributed by atoms with Gasteiger partial charge in [-0.15, -0.1) is 0 Å². The summed E-state index contributed by atoms with van der Waals surface area (Å²) < 4.78 is 23.9. The molecule has 1 aliphatic carbocycles. The molecule has 0 unspecified atom stereocenters. The summed E-state index contributed by atoms with van der Waals surface area (Å²) in [5.41, 5.74) is 3.10. The van der Waals surface area contributed by atoms with Gasteiger partial charge in [0.2, 0.25) is 0 Å². The summed E-state index contributed by atoms with van der Waals surface area (Å²) in [5.74, 6) is 2.28. The van der Waals surface area contributed by atoms with Gasteiger partial charge in [-0.05, 0) is 73.2 Å². The monoisotopic (exact) mass is 601 g/mol. The third kappa shape index (κ3) is 7.62. The Hall–Kier alpha value is -4.28. The van der Waals surface area contributed by atoms with Crippen LogP contribution in [-0.2, 0) is 24.5 Å². The number of nitrogens with zero attached hydrogens (tertiary/aromatic N) is 1. The lowest BCUT2D eigenvalue weighted by atomic mass is 10.1. The number of amides is 2. The van der Waals surface area contributed by atoms with Crippen LogP contribution < -0.4 is 29.6 Å². The lowest BCUT2D eigenvalue weighted by molar-refractivity contribution is -0.123. The molecule has 0 spiro atoms. The number of ether oxygens (including phenoxy) is 4. The molecule has 3 aromatic carbocycles. The van der Waals surface area contributed by atoms with E-state index >= 15 is 0 Å². The molecule has 3 heterocycles. The normalized spacial score (nSPS) is 20.5. The Balaban J connectivity index is 1.25. The van der Waals surface area contributed by atoms with Crippen molar-refractivity contribution in [1.82, 2.24) is 15.5 Å². The molecule has 10 nitrogen and oxygen atoms in total. The van der Waals surface area contributed by atoms with Gasteiger partial charge in [-0.1, -0.05) is 18.2 Å². The van der Waals surface area contributed by atoms with E-state index in [-0.39, 0.29) is 37.2 Å². The first-order valence-electron chi connectivity index (χ1n) is 15.3. The van der Waals surface area contributed by atoms with Gasteiger partial charge in [0, 0.05) is 43.4 Å². The van der Waals surface area contributed by atoms with Crippen LogP contribution in [0.25, 0.3) is 0 Å². The second-order valence-electron chi connectivity index (χ2n) is 11.6. The van der Waals surface area contributed by atoms with Crippen molar-refractivity contribution in [2.24, 2.45) is 5.92 Å². The number of aliphatic hydroxyl groups is 1. The summed E-state index contributed by atoms with van der Waals surface area (Å²) in [6.45, 7) is 4.86. The highest BCUT2D eigenvalue weighted by atomic mass is 16.5. The summed E-state index contributed by atoms with van der Waals surface area (Å²) >= 11 is 0. The van der Waals surface area contributed by atoms with Gasteiger partial charge in [0.1, 0.15) is 29.1 Å². The Kier molecular flexibility index (Phi) is 9.18. The number of aliphatic hydroxyl groups excluding tert-OH is 1. The molecular weight excluding hydrogens is 562 g/mol. The second kappa shape index (κ2) is 13.6. The SMILES string of the molecule is CCOc1ccc(CN2C[C@@H]3NC(=O)c4cc(cc(OCC5CC5)c4)OCC(=O)NCc4ccc(cc4)O[C@H]3C2)cc1CO. The lowest BCUT2D eigenvalue weighted by Gasteiger charge is -2.22. The fourth-order valence-electron chi connectivity index (χ4n) is 5.53. The third-order valence-corrected chi connectivity index (χ3v) is 8.05. The maximum absolute atomic E-state index is 13.7. The Bertz CT molecular complexity index is 1470. The van der Waals surface area contributed by atoms with Gasteiger partial charge in [-0.25, -0.2) is 0 Å². The maximum Gasteiger partial charge on any atom is 0.258 e. The number of nitrogens with one attached hydrogen (secondary N) is 2. The largest absolute Gasteiger partial charge is 0.494 e. The van der Waals surface area contributed by atoms with Crippen molar-refractivity contribution < 1.29 is 33.6 Å². The van der Waals surface area contributed by atoms with Crippen LogP contribution >= 0.6 is 0 Å². The molecule has 44 heavy (non-hydrogen) atoms. The van der Waals surface area contributed by atoms with Gasteiger partial charge in [0.15, 0.2) is 6.61 Å². The molecule has 10 heteroatoms. The van der Waals surface area contributed by atoms with Crippen molar-refractivity contribution >= 4 is 11.8 Å². The van der Waals surface area contributed by atoms with Crippen LogP contribution in [0.5, 0.6) is 23.0 Å². The first-order valence-corrected chi connectivity index (χ1v) is 15.3. The first-order chi connectivity index (χ1) is 21.4. The molecule has 1 saturated heterocycles. The van der Waals surface area contributed by atoms with Crippen molar-refractivity contribution in [3.05, 3.63) is 82.9 Å². The van der Waals surface area contributed by atoms with Gasteiger partial charge < -0.3 is 34.7 Å². The minimum atomic E-state index is -0.315. The first kappa shape index (κ1) is 29.8. The lowest BCUT2D eigenvalue weighted by Crippen LogP contribution is -2.45. The van der Waals surface area contributed by atoms with Crippen LogP contribution in [-0.4, -0.2) is 66.9 Å². The van der Waals surface area contributed by atoms with E-state index in [0.717, 1.165) is 29.5 Å². The zero-order valence-electron chi connectivity index (χ0n) is 24.9. The summed E-state index contributed by atoms with van der Waals surface area (Å²) in [6, 6.07) is 18.2.